The molecule has 0 bridgehead atoms. The third-order valence-electron chi connectivity index (χ3n) is 14.0. The topological polar surface area (TPSA) is 78.9 Å². The summed E-state index contributed by atoms with van der Waals surface area (Å²) in [6.45, 7) is 6.62. The van der Waals surface area contributed by atoms with E-state index in [2.05, 4.69) is 81.5 Å². The van der Waals surface area contributed by atoms with Gasteiger partial charge in [-0.1, -0.05) is 274 Å². The summed E-state index contributed by atoms with van der Waals surface area (Å²) < 4.78 is 16.9. The van der Waals surface area contributed by atoms with Crippen molar-refractivity contribution in [1.82, 2.24) is 0 Å². The molecule has 424 valence electrons. The van der Waals surface area contributed by atoms with Crippen molar-refractivity contribution in [1.29, 1.82) is 0 Å². The van der Waals surface area contributed by atoms with Crippen molar-refractivity contribution in [2.75, 3.05) is 13.2 Å². The molecular formula is C67H120O6. The first-order valence-electron chi connectivity index (χ1n) is 31.8. The van der Waals surface area contributed by atoms with Gasteiger partial charge in [-0.05, 0) is 96.3 Å². The smallest absolute Gasteiger partial charge is 0.306 e. The van der Waals surface area contributed by atoms with Crippen LogP contribution in [0.1, 0.15) is 329 Å². The molecule has 0 amide bonds. The highest BCUT2D eigenvalue weighted by Crippen LogP contribution is 2.16. The van der Waals surface area contributed by atoms with E-state index in [0.29, 0.717) is 19.3 Å². The summed E-state index contributed by atoms with van der Waals surface area (Å²) in [7, 11) is 0. The van der Waals surface area contributed by atoms with Gasteiger partial charge in [0.25, 0.3) is 0 Å². The van der Waals surface area contributed by atoms with E-state index >= 15 is 0 Å². The van der Waals surface area contributed by atoms with Gasteiger partial charge in [0, 0.05) is 19.3 Å². The minimum atomic E-state index is -0.780. The van der Waals surface area contributed by atoms with Crippen molar-refractivity contribution >= 4 is 17.9 Å². The van der Waals surface area contributed by atoms with Crippen molar-refractivity contribution in [2.24, 2.45) is 0 Å². The van der Waals surface area contributed by atoms with Gasteiger partial charge in [-0.15, -0.1) is 0 Å². The van der Waals surface area contributed by atoms with Crippen LogP contribution < -0.4 is 0 Å². The summed E-state index contributed by atoms with van der Waals surface area (Å²) in [5.74, 6) is -0.871. The number of ether oxygens (including phenoxy) is 3. The molecule has 0 saturated heterocycles. The monoisotopic (exact) mass is 1020 g/mol. The molecule has 0 radical (unpaired) electrons. The second-order valence-corrected chi connectivity index (χ2v) is 21.4. The van der Waals surface area contributed by atoms with Crippen molar-refractivity contribution in [3.8, 4) is 0 Å². The molecule has 6 nitrogen and oxygen atoms in total. The lowest BCUT2D eigenvalue weighted by molar-refractivity contribution is -0.167. The van der Waals surface area contributed by atoms with Crippen LogP contribution in [-0.4, -0.2) is 37.2 Å². The van der Waals surface area contributed by atoms with Crippen LogP contribution in [0.25, 0.3) is 0 Å². The molecule has 0 N–H and O–H groups in total. The number of allylic oxidation sites excluding steroid dienone is 10. The van der Waals surface area contributed by atoms with Crippen LogP contribution in [0, 0.1) is 0 Å². The quantitative estimate of drug-likeness (QED) is 0.0199. The Labute approximate surface area is 453 Å². The maximum absolute atomic E-state index is 12.9. The Bertz CT molecular complexity index is 1310. The Kier molecular flexibility index (Phi) is 59.2. The molecule has 0 heterocycles. The summed E-state index contributed by atoms with van der Waals surface area (Å²) in [4.78, 5) is 38.3. The maximum atomic E-state index is 12.9. The number of carbonyl (C=O) groups is 3. The first kappa shape index (κ1) is 70.1. The van der Waals surface area contributed by atoms with Gasteiger partial charge in [0.15, 0.2) is 6.10 Å². The lowest BCUT2D eigenvalue weighted by Crippen LogP contribution is -2.30. The average molecular weight is 1020 g/mol. The van der Waals surface area contributed by atoms with E-state index in [9.17, 15) is 14.4 Å². The summed E-state index contributed by atoms with van der Waals surface area (Å²) >= 11 is 0. The Morgan fingerprint density at radius 1 is 0.274 bits per heavy atom. The fourth-order valence-electron chi connectivity index (χ4n) is 9.19. The van der Waals surface area contributed by atoms with Crippen LogP contribution in [-0.2, 0) is 28.6 Å². The Morgan fingerprint density at radius 3 is 0.795 bits per heavy atom. The molecular weight excluding hydrogens is 901 g/mol. The number of carbonyl (C=O) groups excluding carboxylic acids is 3. The van der Waals surface area contributed by atoms with Gasteiger partial charge in [0.2, 0.25) is 0 Å². The first-order chi connectivity index (χ1) is 36.0. The van der Waals surface area contributed by atoms with Gasteiger partial charge in [-0.2, -0.15) is 0 Å². The minimum Gasteiger partial charge on any atom is -0.462 e. The van der Waals surface area contributed by atoms with Crippen molar-refractivity contribution in [2.45, 2.75) is 335 Å². The normalized spacial score (nSPS) is 12.4. The largest absolute Gasteiger partial charge is 0.462 e. The molecule has 1 atom stereocenters. The second kappa shape index (κ2) is 61.7. The zero-order valence-electron chi connectivity index (χ0n) is 48.7. The van der Waals surface area contributed by atoms with E-state index in [4.69, 9.17) is 14.2 Å². The van der Waals surface area contributed by atoms with Crippen LogP contribution in [0.2, 0.25) is 0 Å². The zero-order chi connectivity index (χ0) is 52.9. The molecule has 0 spiro atoms. The fraction of sp³-hybridized carbons (Fsp3) is 0.806. The number of hydrogen-bond donors (Lipinski definition) is 0. The van der Waals surface area contributed by atoms with E-state index in [-0.39, 0.29) is 31.1 Å². The first-order valence-corrected chi connectivity index (χ1v) is 31.8. The molecule has 73 heavy (non-hydrogen) atoms. The molecule has 1 unspecified atom stereocenters. The van der Waals surface area contributed by atoms with Gasteiger partial charge in [0.05, 0.1) is 0 Å². The summed E-state index contributed by atoms with van der Waals surface area (Å²) in [6, 6.07) is 0. The third kappa shape index (κ3) is 59.9. The number of unbranched alkanes of at least 4 members (excludes halogenated alkanes) is 39. The lowest BCUT2D eigenvalue weighted by atomic mass is 10.1. The third-order valence-corrected chi connectivity index (χ3v) is 14.0. The molecule has 0 aromatic carbocycles. The summed E-state index contributed by atoms with van der Waals surface area (Å²) in [5, 5.41) is 0. The summed E-state index contributed by atoms with van der Waals surface area (Å²) in [6.07, 6.45) is 77.8. The van der Waals surface area contributed by atoms with Crippen molar-refractivity contribution in [3.63, 3.8) is 0 Å². The van der Waals surface area contributed by atoms with Crippen LogP contribution in [0.3, 0.4) is 0 Å². The van der Waals surface area contributed by atoms with Gasteiger partial charge in [-0.25, -0.2) is 0 Å². The highest BCUT2D eigenvalue weighted by Gasteiger charge is 2.19. The molecule has 0 aromatic heterocycles. The molecule has 0 fully saturated rings. The molecule has 0 saturated carbocycles. The Hall–Kier alpha value is -2.89. The predicted molar refractivity (Wildman–Crippen MR) is 316 cm³/mol. The van der Waals surface area contributed by atoms with Gasteiger partial charge in [-0.3, -0.25) is 14.4 Å². The van der Waals surface area contributed by atoms with E-state index in [1.54, 1.807) is 0 Å². The minimum absolute atomic E-state index is 0.0769. The van der Waals surface area contributed by atoms with Gasteiger partial charge >= 0.3 is 17.9 Å². The van der Waals surface area contributed by atoms with E-state index in [0.717, 1.165) is 57.8 Å². The zero-order valence-corrected chi connectivity index (χ0v) is 48.7. The predicted octanol–water partition coefficient (Wildman–Crippen LogP) is 21.6. The Morgan fingerprint density at radius 2 is 0.493 bits per heavy atom. The van der Waals surface area contributed by atoms with E-state index < -0.39 is 6.10 Å². The SMILES string of the molecule is CCCCC/C=C\C=C/CCCCCCCCCCCCC(=O)OCC(COC(=O)CCCCCCCCC/C=C\CCCCCCCC)OC(=O)CCCCCCCCCCCC/C=C\C=C/CCCCC. The van der Waals surface area contributed by atoms with Crippen molar-refractivity contribution in [3.05, 3.63) is 60.8 Å². The van der Waals surface area contributed by atoms with Crippen molar-refractivity contribution < 1.29 is 28.6 Å². The highest BCUT2D eigenvalue weighted by molar-refractivity contribution is 5.71. The Balaban J connectivity index is 4.37. The van der Waals surface area contributed by atoms with Crippen LogP contribution in [0.4, 0.5) is 0 Å². The van der Waals surface area contributed by atoms with Crippen LogP contribution >= 0.6 is 0 Å². The van der Waals surface area contributed by atoms with Gasteiger partial charge < -0.3 is 14.2 Å². The number of rotatable bonds is 58. The number of esters is 3. The summed E-state index contributed by atoms with van der Waals surface area (Å²) in [5.41, 5.74) is 0. The molecule has 0 aliphatic rings. The van der Waals surface area contributed by atoms with E-state index in [1.165, 1.54) is 231 Å². The molecule has 0 rings (SSSR count). The maximum Gasteiger partial charge on any atom is 0.306 e. The number of hydrogen-bond acceptors (Lipinski definition) is 6. The second-order valence-electron chi connectivity index (χ2n) is 21.4. The molecule has 0 aliphatic carbocycles. The van der Waals surface area contributed by atoms with Gasteiger partial charge in [0.1, 0.15) is 13.2 Å². The van der Waals surface area contributed by atoms with E-state index in [1.807, 2.05) is 0 Å². The fourth-order valence-corrected chi connectivity index (χ4v) is 9.19. The lowest BCUT2D eigenvalue weighted by Gasteiger charge is -2.18. The molecule has 0 aromatic rings. The highest BCUT2D eigenvalue weighted by atomic mass is 16.6. The average Bonchev–Trinajstić information content (AvgIpc) is 3.39. The molecule has 0 aliphatic heterocycles. The standard InChI is InChI=1S/C67H120O6/c1-4-7-10-13-16-19-22-25-28-31-33-36-39-42-45-48-51-54-57-60-66(69)72-63-64(62-71-65(68)59-56-53-50-47-44-41-38-35-30-27-24-21-18-15-12-9-6-3)73-67(70)61-58-55-52-49-46-43-40-37-34-32-29-26-23-20-17-14-11-8-5-2/h16-17,19-20,22-23,25-27,30,64H,4-15,18,21,24,28-29,31-63H2,1-3H3/b19-16-,20-17-,25-22-,26-23-,30-27-. The van der Waals surface area contributed by atoms with Crippen LogP contribution in [0.15, 0.2) is 60.8 Å². The van der Waals surface area contributed by atoms with Crippen LogP contribution in [0.5, 0.6) is 0 Å². The molecule has 6 heteroatoms.